The largest absolute Gasteiger partial charge is 0.497 e. The van der Waals surface area contributed by atoms with E-state index in [1.807, 2.05) is 63.3 Å². The number of carbonyl (C=O) groups excluding carboxylic acids is 1. The van der Waals surface area contributed by atoms with Gasteiger partial charge in [0.15, 0.2) is 5.78 Å². The number of nitrogens with zero attached hydrogens (tertiary/aromatic N) is 1. The summed E-state index contributed by atoms with van der Waals surface area (Å²) < 4.78 is 5.01. The van der Waals surface area contributed by atoms with Gasteiger partial charge in [0.05, 0.1) is 7.11 Å². The summed E-state index contributed by atoms with van der Waals surface area (Å²) in [6, 6.07) is 13.9. The van der Waals surface area contributed by atoms with Crippen LogP contribution in [0.4, 0.5) is 0 Å². The maximum atomic E-state index is 10.9. The van der Waals surface area contributed by atoms with Crippen molar-refractivity contribution in [2.75, 3.05) is 20.2 Å². The predicted octanol–water partition coefficient (Wildman–Crippen LogP) is 9.14. The first-order chi connectivity index (χ1) is 17.4. The third-order valence-corrected chi connectivity index (χ3v) is 6.91. The molecule has 2 aromatic carbocycles. The Bertz CT molecular complexity index is 1070. The van der Waals surface area contributed by atoms with Crippen molar-refractivity contribution in [2.45, 2.75) is 67.9 Å². The Morgan fingerprint density at radius 1 is 1.11 bits per heavy atom. The molecule has 202 valence electrons. The molecule has 0 saturated carbocycles. The number of hydrogen-bond acceptors (Lipinski definition) is 3. The molecule has 3 rings (SSSR count). The molecule has 1 aliphatic rings. The monoisotopic (exact) mass is 523 g/mol. The molecule has 0 atom stereocenters. The van der Waals surface area contributed by atoms with Gasteiger partial charge in [0.1, 0.15) is 5.76 Å². The number of halogens is 1. The second-order valence-corrected chi connectivity index (χ2v) is 10.8. The van der Waals surface area contributed by atoms with Crippen molar-refractivity contribution in [2.24, 2.45) is 5.41 Å². The highest BCUT2D eigenvalue weighted by Gasteiger charge is 2.25. The lowest BCUT2D eigenvalue weighted by atomic mass is 9.82. The van der Waals surface area contributed by atoms with E-state index in [0.29, 0.717) is 5.41 Å². The second-order valence-electron chi connectivity index (χ2n) is 10.4. The van der Waals surface area contributed by atoms with Gasteiger partial charge in [-0.2, -0.15) is 0 Å². The number of ether oxygens (including phenoxy) is 1. The van der Waals surface area contributed by atoms with E-state index in [1.54, 1.807) is 20.1 Å². The van der Waals surface area contributed by atoms with Crippen molar-refractivity contribution >= 4 is 17.4 Å². The third kappa shape index (κ3) is 12.5. The third-order valence-electron chi connectivity index (χ3n) is 6.54. The van der Waals surface area contributed by atoms with E-state index in [9.17, 15) is 4.79 Å². The van der Waals surface area contributed by atoms with Crippen molar-refractivity contribution in [1.29, 1.82) is 0 Å². The van der Waals surface area contributed by atoms with Crippen LogP contribution in [-0.4, -0.2) is 30.9 Å². The average molecular weight is 524 g/mol. The number of Topliss-reactive ketones (excluding diaryl/α,β-unsaturated/α-hetero) is 1. The van der Waals surface area contributed by atoms with Gasteiger partial charge < -0.3 is 4.74 Å². The minimum atomic E-state index is 0.137. The van der Waals surface area contributed by atoms with Gasteiger partial charge in [-0.15, -0.1) is 0 Å². The molecule has 4 heteroatoms. The molecule has 1 saturated heterocycles. The first kappa shape index (κ1) is 32.4. The zero-order valence-corrected chi connectivity index (χ0v) is 24.9. The van der Waals surface area contributed by atoms with Crippen LogP contribution in [-0.2, 0) is 11.3 Å². The molecular formula is C33H46ClNO2. The van der Waals surface area contributed by atoms with Gasteiger partial charge in [-0.1, -0.05) is 80.1 Å². The number of methoxy groups -OCH3 is 1. The molecule has 0 unspecified atom stereocenters. The lowest BCUT2D eigenvalue weighted by Crippen LogP contribution is -2.36. The van der Waals surface area contributed by atoms with E-state index in [1.165, 1.54) is 37.1 Å². The summed E-state index contributed by atoms with van der Waals surface area (Å²) in [4.78, 5) is 13.4. The van der Waals surface area contributed by atoms with E-state index in [0.717, 1.165) is 34.0 Å². The Hall–Kier alpha value is -2.62. The van der Waals surface area contributed by atoms with E-state index in [4.69, 9.17) is 16.3 Å². The number of hydrogen-bond donors (Lipinski definition) is 0. The molecule has 0 aromatic heterocycles. The quantitative estimate of drug-likeness (QED) is 0.215. The molecule has 0 amide bonds. The van der Waals surface area contributed by atoms with Crippen LogP contribution in [0.2, 0.25) is 5.02 Å². The second kappa shape index (κ2) is 16.3. The summed E-state index contributed by atoms with van der Waals surface area (Å²) >= 11 is 6.24. The van der Waals surface area contributed by atoms with Crippen molar-refractivity contribution in [1.82, 2.24) is 4.90 Å². The smallest absolute Gasteiger partial charge is 0.160 e. The Kier molecular flexibility index (Phi) is 14.3. The Morgan fingerprint density at radius 3 is 2.22 bits per heavy atom. The predicted molar refractivity (Wildman–Crippen MR) is 160 cm³/mol. The number of likely N-dealkylation sites (tertiary alicyclic amines) is 1. The number of rotatable bonds is 6. The van der Waals surface area contributed by atoms with Gasteiger partial charge in [0.2, 0.25) is 0 Å². The van der Waals surface area contributed by atoms with Crippen molar-refractivity contribution in [3.05, 3.63) is 106 Å². The molecule has 1 heterocycles. The Balaban J connectivity index is 0.000000297. The van der Waals surface area contributed by atoms with E-state index >= 15 is 0 Å². The number of aryl methyl sites for hydroxylation is 2. The summed E-state index contributed by atoms with van der Waals surface area (Å²) in [7, 11) is 1.65. The fourth-order valence-electron chi connectivity index (χ4n) is 3.89. The molecule has 0 radical (unpaired) electrons. The fourth-order valence-corrected chi connectivity index (χ4v) is 4.07. The molecular weight excluding hydrogens is 478 g/mol. The van der Waals surface area contributed by atoms with Crippen LogP contribution >= 0.6 is 11.6 Å². The zero-order chi connectivity index (χ0) is 28.0. The summed E-state index contributed by atoms with van der Waals surface area (Å²) in [6.07, 6.45) is 8.22. The fraction of sp³-hybridized carbons (Fsp3) is 0.424. The van der Waals surface area contributed by atoms with Gasteiger partial charge in [0.25, 0.3) is 0 Å². The van der Waals surface area contributed by atoms with Crippen molar-refractivity contribution in [3.63, 3.8) is 0 Å². The van der Waals surface area contributed by atoms with E-state index < -0.39 is 0 Å². The maximum absolute atomic E-state index is 10.9. The van der Waals surface area contributed by atoms with Crippen molar-refractivity contribution < 1.29 is 9.53 Å². The molecule has 0 spiro atoms. The van der Waals surface area contributed by atoms with Crippen LogP contribution in [0, 0.1) is 19.3 Å². The van der Waals surface area contributed by atoms with Crippen LogP contribution in [0.25, 0.3) is 0 Å². The average Bonchev–Trinajstić information content (AvgIpc) is 2.86. The Morgan fingerprint density at radius 2 is 1.73 bits per heavy atom. The topological polar surface area (TPSA) is 29.5 Å². The normalized spacial score (nSPS) is 15.5. The molecule has 2 aromatic rings. The van der Waals surface area contributed by atoms with Gasteiger partial charge in [-0.3, -0.25) is 9.69 Å². The summed E-state index contributed by atoms with van der Waals surface area (Å²) in [6.45, 7) is 21.3. The summed E-state index contributed by atoms with van der Waals surface area (Å²) in [5.41, 5.74) is 6.06. The highest BCUT2D eigenvalue weighted by molar-refractivity contribution is 6.31. The highest BCUT2D eigenvalue weighted by atomic mass is 35.5. The molecule has 0 bridgehead atoms. The van der Waals surface area contributed by atoms with Crippen LogP contribution in [0.15, 0.2) is 78.6 Å². The molecule has 3 nitrogen and oxygen atoms in total. The minimum absolute atomic E-state index is 0.137. The van der Waals surface area contributed by atoms with Gasteiger partial charge in [-0.05, 0) is 101 Å². The highest BCUT2D eigenvalue weighted by Crippen LogP contribution is 2.31. The lowest BCUT2D eigenvalue weighted by molar-refractivity contribution is 0.101. The Labute approximate surface area is 230 Å². The van der Waals surface area contributed by atoms with Crippen LogP contribution in [0.1, 0.15) is 74.5 Å². The van der Waals surface area contributed by atoms with Crippen LogP contribution < -0.4 is 0 Å². The van der Waals surface area contributed by atoms with Gasteiger partial charge in [-0.25, -0.2) is 0 Å². The van der Waals surface area contributed by atoms with Crippen molar-refractivity contribution in [3.8, 4) is 0 Å². The SMILES string of the molecule is C=C/C(C)=C\C(=C/C)OC.CC(=O)c1ccccc1C.Cc1ccc(Cl)c(CN2CCC(C)(C)CC2)c1. The molecule has 1 aliphatic heterocycles. The zero-order valence-electron chi connectivity index (χ0n) is 24.2. The number of benzene rings is 2. The number of piperidine rings is 1. The van der Waals surface area contributed by atoms with Crippen LogP contribution in [0.5, 0.6) is 0 Å². The van der Waals surface area contributed by atoms with Gasteiger partial charge >= 0.3 is 0 Å². The first-order valence-corrected chi connectivity index (χ1v) is 13.3. The molecule has 1 fully saturated rings. The summed E-state index contributed by atoms with van der Waals surface area (Å²) in [5, 5.41) is 0.903. The van der Waals surface area contributed by atoms with Crippen LogP contribution in [0.3, 0.4) is 0 Å². The molecule has 0 N–H and O–H groups in total. The van der Waals surface area contributed by atoms with E-state index in [2.05, 4.69) is 44.4 Å². The minimum Gasteiger partial charge on any atom is -0.497 e. The molecule has 37 heavy (non-hydrogen) atoms. The number of ketones is 1. The number of carbonyl (C=O) groups is 1. The lowest BCUT2D eigenvalue weighted by Gasteiger charge is -2.37. The maximum Gasteiger partial charge on any atom is 0.160 e. The molecule has 0 aliphatic carbocycles. The van der Waals surface area contributed by atoms with Gasteiger partial charge in [0, 0.05) is 17.1 Å². The standard InChI is InChI=1S/C15H22ClN.C9H10O.C9H14O/c1-12-4-5-14(16)13(10-12)11-17-8-6-15(2,3)7-9-17;1-7-5-3-4-6-9(7)8(2)10;1-5-8(3)7-9(6-2)10-4/h4-5,10H,6-9,11H2,1-3H3;3-6H,1-2H3;5-7H,1H2,2-4H3/b;;8-7-,9-6+. The summed E-state index contributed by atoms with van der Waals surface area (Å²) in [5.74, 6) is 1.01. The first-order valence-electron chi connectivity index (χ1n) is 13.0. The van der Waals surface area contributed by atoms with E-state index in [-0.39, 0.29) is 5.78 Å². The number of allylic oxidation sites excluding steroid dienone is 4.